The molecule has 1 atom stereocenters. The Kier molecular flexibility index (Phi) is 6.36. The van der Waals surface area contributed by atoms with E-state index in [2.05, 4.69) is 12.3 Å². The van der Waals surface area contributed by atoms with Gasteiger partial charge >= 0.3 is 0 Å². The number of hydrazine groups is 1. The standard InChI is InChI=1S/C7H16N2OS/c1-3-5-6(11-4-2)7(10)9-8/h6H,3-5,8H2,1-2H3,(H,9,10). The van der Waals surface area contributed by atoms with Gasteiger partial charge in [0, 0.05) is 0 Å². The van der Waals surface area contributed by atoms with Crippen LogP contribution >= 0.6 is 11.8 Å². The quantitative estimate of drug-likeness (QED) is 0.372. The van der Waals surface area contributed by atoms with Gasteiger partial charge in [0.15, 0.2) is 0 Å². The number of nitrogens with one attached hydrogen (secondary N) is 1. The van der Waals surface area contributed by atoms with Crippen LogP contribution < -0.4 is 11.3 Å². The SMILES string of the molecule is CCCC(SCC)C(=O)NN. The van der Waals surface area contributed by atoms with Gasteiger partial charge in [-0.1, -0.05) is 20.3 Å². The minimum absolute atomic E-state index is 0.0370. The van der Waals surface area contributed by atoms with Crippen LogP contribution in [0.15, 0.2) is 0 Å². The van der Waals surface area contributed by atoms with E-state index in [1.54, 1.807) is 11.8 Å². The number of rotatable bonds is 5. The fraction of sp³-hybridized carbons (Fsp3) is 0.857. The first-order valence-corrected chi connectivity index (χ1v) is 4.93. The van der Waals surface area contributed by atoms with Gasteiger partial charge in [-0.3, -0.25) is 10.2 Å². The number of carbonyl (C=O) groups excluding carboxylic acids is 1. The maximum atomic E-state index is 11.0. The highest BCUT2D eigenvalue weighted by Gasteiger charge is 2.14. The summed E-state index contributed by atoms with van der Waals surface area (Å²) in [4.78, 5) is 11.0. The van der Waals surface area contributed by atoms with Gasteiger partial charge in [-0.15, -0.1) is 11.8 Å². The van der Waals surface area contributed by atoms with Crippen molar-refractivity contribution in [2.75, 3.05) is 5.75 Å². The van der Waals surface area contributed by atoms with Crippen molar-refractivity contribution in [3.05, 3.63) is 0 Å². The van der Waals surface area contributed by atoms with E-state index in [0.29, 0.717) is 0 Å². The number of thioether (sulfide) groups is 1. The monoisotopic (exact) mass is 176 g/mol. The minimum atomic E-state index is -0.0568. The molecule has 1 unspecified atom stereocenters. The summed E-state index contributed by atoms with van der Waals surface area (Å²) in [7, 11) is 0. The lowest BCUT2D eigenvalue weighted by Gasteiger charge is -2.11. The molecule has 0 aromatic heterocycles. The molecular formula is C7H16N2OS. The molecule has 0 radical (unpaired) electrons. The molecule has 0 saturated heterocycles. The molecule has 3 nitrogen and oxygen atoms in total. The number of nitrogens with two attached hydrogens (primary N) is 1. The summed E-state index contributed by atoms with van der Waals surface area (Å²) in [6.07, 6.45) is 1.92. The van der Waals surface area contributed by atoms with Gasteiger partial charge in [0.2, 0.25) is 5.91 Å². The van der Waals surface area contributed by atoms with E-state index in [1.807, 2.05) is 6.92 Å². The van der Waals surface area contributed by atoms with Gasteiger partial charge in [-0.2, -0.15) is 0 Å². The molecule has 0 spiro atoms. The molecule has 0 aliphatic carbocycles. The number of hydrogen-bond donors (Lipinski definition) is 2. The van der Waals surface area contributed by atoms with Crippen molar-refractivity contribution in [1.29, 1.82) is 0 Å². The third-order valence-electron chi connectivity index (χ3n) is 1.35. The van der Waals surface area contributed by atoms with Crippen molar-refractivity contribution in [1.82, 2.24) is 5.43 Å². The average Bonchev–Trinajstić information content (AvgIpc) is 2.03. The van der Waals surface area contributed by atoms with Gasteiger partial charge in [0.25, 0.3) is 0 Å². The lowest BCUT2D eigenvalue weighted by molar-refractivity contribution is -0.120. The summed E-state index contributed by atoms with van der Waals surface area (Å²) in [6.45, 7) is 4.10. The molecule has 0 saturated carbocycles. The van der Waals surface area contributed by atoms with E-state index >= 15 is 0 Å². The second-order valence-electron chi connectivity index (χ2n) is 2.24. The molecule has 11 heavy (non-hydrogen) atoms. The summed E-state index contributed by atoms with van der Waals surface area (Å²) < 4.78 is 0. The van der Waals surface area contributed by atoms with Crippen molar-refractivity contribution < 1.29 is 4.79 Å². The van der Waals surface area contributed by atoms with Crippen LogP contribution in [0, 0.1) is 0 Å². The highest BCUT2D eigenvalue weighted by atomic mass is 32.2. The van der Waals surface area contributed by atoms with E-state index in [9.17, 15) is 4.79 Å². The number of amides is 1. The maximum Gasteiger partial charge on any atom is 0.246 e. The maximum absolute atomic E-state index is 11.0. The minimum Gasteiger partial charge on any atom is -0.293 e. The zero-order valence-electron chi connectivity index (χ0n) is 7.09. The average molecular weight is 176 g/mol. The third kappa shape index (κ3) is 4.27. The van der Waals surface area contributed by atoms with E-state index < -0.39 is 0 Å². The van der Waals surface area contributed by atoms with E-state index in [0.717, 1.165) is 18.6 Å². The van der Waals surface area contributed by atoms with Crippen LogP contribution in [-0.4, -0.2) is 16.9 Å². The van der Waals surface area contributed by atoms with Crippen molar-refractivity contribution in [2.45, 2.75) is 31.9 Å². The lowest BCUT2D eigenvalue weighted by Crippen LogP contribution is -2.37. The first-order chi connectivity index (χ1) is 5.26. The van der Waals surface area contributed by atoms with E-state index in [1.165, 1.54) is 0 Å². The zero-order chi connectivity index (χ0) is 8.69. The lowest BCUT2D eigenvalue weighted by atomic mass is 10.2. The molecule has 0 heterocycles. The Morgan fingerprint density at radius 2 is 2.27 bits per heavy atom. The number of hydrogen-bond acceptors (Lipinski definition) is 3. The smallest absolute Gasteiger partial charge is 0.246 e. The molecule has 0 aromatic carbocycles. The highest BCUT2D eigenvalue weighted by Crippen LogP contribution is 2.15. The predicted octanol–water partition coefficient (Wildman–Crippen LogP) is 0.898. The first-order valence-electron chi connectivity index (χ1n) is 3.88. The molecule has 0 rings (SSSR count). The fourth-order valence-corrected chi connectivity index (χ4v) is 1.87. The molecule has 0 aromatic rings. The highest BCUT2D eigenvalue weighted by molar-refractivity contribution is 8.00. The Morgan fingerprint density at radius 1 is 1.64 bits per heavy atom. The van der Waals surface area contributed by atoms with Gasteiger partial charge < -0.3 is 0 Å². The normalized spacial score (nSPS) is 12.6. The Bertz CT molecular complexity index is 113. The summed E-state index contributed by atoms with van der Waals surface area (Å²) in [5.41, 5.74) is 2.17. The molecule has 0 aliphatic heterocycles. The predicted molar refractivity (Wildman–Crippen MR) is 49.2 cm³/mol. The van der Waals surface area contributed by atoms with Gasteiger partial charge in [-0.25, -0.2) is 5.84 Å². The Balaban J connectivity index is 3.76. The molecule has 66 valence electrons. The van der Waals surface area contributed by atoms with Crippen LogP contribution in [0.25, 0.3) is 0 Å². The summed E-state index contributed by atoms with van der Waals surface area (Å²) in [6, 6.07) is 0. The van der Waals surface area contributed by atoms with E-state index in [-0.39, 0.29) is 11.2 Å². The van der Waals surface area contributed by atoms with Crippen LogP contribution in [0.5, 0.6) is 0 Å². The molecule has 1 amide bonds. The van der Waals surface area contributed by atoms with Crippen molar-refractivity contribution in [3.8, 4) is 0 Å². The topological polar surface area (TPSA) is 55.1 Å². The van der Waals surface area contributed by atoms with Crippen LogP contribution in [0.2, 0.25) is 0 Å². The number of carbonyl (C=O) groups is 1. The van der Waals surface area contributed by atoms with E-state index in [4.69, 9.17) is 5.84 Å². The molecule has 0 fully saturated rings. The van der Waals surface area contributed by atoms with Gasteiger partial charge in [-0.05, 0) is 12.2 Å². The second-order valence-corrected chi connectivity index (χ2v) is 3.72. The zero-order valence-corrected chi connectivity index (χ0v) is 7.91. The molecule has 3 N–H and O–H groups in total. The van der Waals surface area contributed by atoms with Crippen LogP contribution in [-0.2, 0) is 4.79 Å². The largest absolute Gasteiger partial charge is 0.293 e. The van der Waals surface area contributed by atoms with Crippen molar-refractivity contribution >= 4 is 17.7 Å². The van der Waals surface area contributed by atoms with Crippen molar-refractivity contribution in [2.24, 2.45) is 5.84 Å². The second kappa shape index (κ2) is 6.49. The van der Waals surface area contributed by atoms with Crippen LogP contribution in [0.1, 0.15) is 26.7 Å². The molecule has 4 heteroatoms. The summed E-state index contributed by atoms with van der Waals surface area (Å²) >= 11 is 1.64. The van der Waals surface area contributed by atoms with Gasteiger partial charge in [0.1, 0.15) is 0 Å². The summed E-state index contributed by atoms with van der Waals surface area (Å²) in [5.74, 6) is 5.92. The van der Waals surface area contributed by atoms with Crippen LogP contribution in [0.4, 0.5) is 0 Å². The van der Waals surface area contributed by atoms with Gasteiger partial charge in [0.05, 0.1) is 5.25 Å². The molecular weight excluding hydrogens is 160 g/mol. The van der Waals surface area contributed by atoms with Crippen molar-refractivity contribution in [3.63, 3.8) is 0 Å². The molecule has 0 aliphatic rings. The first kappa shape index (κ1) is 10.8. The molecule has 0 bridgehead atoms. The van der Waals surface area contributed by atoms with Crippen LogP contribution in [0.3, 0.4) is 0 Å². The third-order valence-corrected chi connectivity index (χ3v) is 2.54. The summed E-state index contributed by atoms with van der Waals surface area (Å²) in [5, 5.41) is 0.0370. The Hall–Kier alpha value is -0.220. The fourth-order valence-electron chi connectivity index (χ4n) is 0.846. The Morgan fingerprint density at radius 3 is 2.64 bits per heavy atom. The Labute approximate surface area is 72.1 Å².